The molecule has 2 heterocycles. The molecular weight excluding hydrogens is 212 g/mol. The second-order valence-corrected chi connectivity index (χ2v) is 3.19. The van der Waals surface area contributed by atoms with E-state index in [-0.39, 0.29) is 11.5 Å². The summed E-state index contributed by atoms with van der Waals surface area (Å²) in [7, 11) is 1.58. The van der Waals surface area contributed by atoms with E-state index in [1.165, 1.54) is 0 Å². The largest absolute Gasteiger partial charge is 0.475 e. The van der Waals surface area contributed by atoms with Crippen LogP contribution in [-0.2, 0) is 4.74 Å². The monoisotopic (exact) mass is 224 g/mol. The third kappa shape index (κ3) is 1.98. The van der Waals surface area contributed by atoms with Crippen molar-refractivity contribution >= 4 is 16.9 Å². The van der Waals surface area contributed by atoms with Gasteiger partial charge in [-0.25, -0.2) is 4.79 Å². The number of hydrogen-bond acceptors (Lipinski definition) is 5. The van der Waals surface area contributed by atoms with Crippen molar-refractivity contribution in [1.29, 1.82) is 0 Å². The standard InChI is InChI=1S/C9H12N4O3/c1-15-2-3-16-6-4-5-7(8(10)12-6)13-9(14)11-5/h4H,2-3H2,1H3,(H2,10,12)(H2,11,13,14). The summed E-state index contributed by atoms with van der Waals surface area (Å²) >= 11 is 0. The molecule has 0 spiro atoms. The van der Waals surface area contributed by atoms with Gasteiger partial charge in [0.05, 0.1) is 12.1 Å². The van der Waals surface area contributed by atoms with Crippen LogP contribution in [0.25, 0.3) is 11.0 Å². The predicted octanol–water partition coefficient (Wildman–Crippen LogP) is -0.141. The molecule has 0 saturated carbocycles. The number of nitrogens with two attached hydrogens (primary N) is 1. The molecule has 0 aromatic carbocycles. The highest BCUT2D eigenvalue weighted by atomic mass is 16.5. The summed E-state index contributed by atoms with van der Waals surface area (Å²) in [6, 6.07) is 1.61. The SMILES string of the molecule is COCCOc1cc2[nH]c(=O)[nH]c2c(N)n1. The van der Waals surface area contributed by atoms with Gasteiger partial charge >= 0.3 is 5.69 Å². The van der Waals surface area contributed by atoms with Crippen molar-refractivity contribution in [2.75, 3.05) is 26.1 Å². The minimum absolute atomic E-state index is 0.225. The number of anilines is 1. The van der Waals surface area contributed by atoms with Crippen LogP contribution in [-0.4, -0.2) is 35.3 Å². The molecule has 4 N–H and O–H groups in total. The molecule has 0 saturated heterocycles. The molecule has 0 radical (unpaired) electrons. The minimum Gasteiger partial charge on any atom is -0.475 e. The zero-order valence-electron chi connectivity index (χ0n) is 8.74. The van der Waals surface area contributed by atoms with E-state index in [0.29, 0.717) is 30.1 Å². The third-order valence-corrected chi connectivity index (χ3v) is 2.05. The van der Waals surface area contributed by atoms with Crippen LogP contribution >= 0.6 is 0 Å². The van der Waals surface area contributed by atoms with E-state index in [4.69, 9.17) is 15.2 Å². The Morgan fingerprint density at radius 1 is 1.44 bits per heavy atom. The van der Waals surface area contributed by atoms with Crippen molar-refractivity contribution in [2.45, 2.75) is 0 Å². The van der Waals surface area contributed by atoms with Gasteiger partial charge in [0.25, 0.3) is 0 Å². The lowest BCUT2D eigenvalue weighted by atomic mass is 10.4. The first-order chi connectivity index (χ1) is 7.70. The van der Waals surface area contributed by atoms with Gasteiger partial charge in [0.1, 0.15) is 12.1 Å². The highest BCUT2D eigenvalue weighted by Gasteiger charge is 2.06. The Hall–Kier alpha value is -2.02. The topological polar surface area (TPSA) is 106 Å². The highest BCUT2D eigenvalue weighted by Crippen LogP contribution is 2.19. The molecule has 86 valence electrons. The molecule has 7 heteroatoms. The Labute approximate surface area is 90.6 Å². The molecular formula is C9H12N4O3. The number of hydrogen-bond donors (Lipinski definition) is 3. The quantitative estimate of drug-likeness (QED) is 0.626. The van der Waals surface area contributed by atoms with Crippen LogP contribution in [0.3, 0.4) is 0 Å². The van der Waals surface area contributed by atoms with Crippen molar-refractivity contribution in [3.63, 3.8) is 0 Å². The van der Waals surface area contributed by atoms with E-state index in [0.717, 1.165) is 0 Å². The van der Waals surface area contributed by atoms with E-state index in [2.05, 4.69) is 15.0 Å². The molecule has 0 aliphatic rings. The van der Waals surface area contributed by atoms with Crippen LogP contribution in [0.15, 0.2) is 10.9 Å². The second-order valence-electron chi connectivity index (χ2n) is 3.19. The fourth-order valence-corrected chi connectivity index (χ4v) is 1.34. The van der Waals surface area contributed by atoms with Crippen molar-refractivity contribution in [3.8, 4) is 5.88 Å². The van der Waals surface area contributed by atoms with Gasteiger partial charge in [-0.15, -0.1) is 0 Å². The van der Waals surface area contributed by atoms with Crippen molar-refractivity contribution in [2.24, 2.45) is 0 Å². The summed E-state index contributed by atoms with van der Waals surface area (Å²) in [5, 5.41) is 0. The van der Waals surface area contributed by atoms with Crippen LogP contribution in [0, 0.1) is 0 Å². The number of H-pyrrole nitrogens is 2. The normalized spacial score (nSPS) is 10.8. The molecule has 2 rings (SSSR count). The number of nitrogens with one attached hydrogen (secondary N) is 2. The first kappa shape index (κ1) is 10.5. The van der Waals surface area contributed by atoms with Gasteiger partial charge in [-0.2, -0.15) is 4.98 Å². The average molecular weight is 224 g/mol. The van der Waals surface area contributed by atoms with Gasteiger partial charge in [-0.1, -0.05) is 0 Å². The zero-order valence-corrected chi connectivity index (χ0v) is 8.74. The zero-order chi connectivity index (χ0) is 11.5. The first-order valence-electron chi connectivity index (χ1n) is 4.71. The lowest BCUT2D eigenvalue weighted by Crippen LogP contribution is -2.06. The number of aromatic amines is 2. The molecule has 2 aromatic rings. The number of aromatic nitrogens is 3. The lowest BCUT2D eigenvalue weighted by molar-refractivity contribution is 0.144. The number of rotatable bonds is 4. The number of ether oxygens (including phenoxy) is 2. The van der Waals surface area contributed by atoms with Crippen LogP contribution in [0.4, 0.5) is 5.82 Å². The molecule has 0 unspecified atom stereocenters. The maximum Gasteiger partial charge on any atom is 0.323 e. The molecule has 0 atom stereocenters. The van der Waals surface area contributed by atoms with Gasteiger partial charge in [0.2, 0.25) is 5.88 Å². The number of nitrogens with zero attached hydrogens (tertiary/aromatic N) is 1. The molecule has 0 aliphatic carbocycles. The number of imidazole rings is 1. The summed E-state index contributed by atoms with van der Waals surface area (Å²) in [4.78, 5) is 20.2. The molecule has 16 heavy (non-hydrogen) atoms. The van der Waals surface area contributed by atoms with Gasteiger partial charge in [-0.3, -0.25) is 0 Å². The summed E-state index contributed by atoms with van der Waals surface area (Å²) in [6.07, 6.45) is 0. The number of nitrogen functional groups attached to an aromatic ring is 1. The maximum atomic E-state index is 11.1. The molecule has 0 bridgehead atoms. The van der Waals surface area contributed by atoms with E-state index >= 15 is 0 Å². The number of pyridine rings is 1. The van der Waals surface area contributed by atoms with Crippen LogP contribution in [0.5, 0.6) is 5.88 Å². The van der Waals surface area contributed by atoms with Crippen LogP contribution in [0.1, 0.15) is 0 Å². The molecule has 0 amide bonds. The van der Waals surface area contributed by atoms with Crippen molar-refractivity contribution in [3.05, 3.63) is 16.6 Å². The van der Waals surface area contributed by atoms with Gasteiger partial charge in [0.15, 0.2) is 5.82 Å². The smallest absolute Gasteiger partial charge is 0.323 e. The number of fused-ring (bicyclic) bond motifs is 1. The Morgan fingerprint density at radius 3 is 3.00 bits per heavy atom. The minimum atomic E-state index is -0.322. The van der Waals surface area contributed by atoms with Gasteiger partial charge in [-0.05, 0) is 0 Å². The summed E-state index contributed by atoms with van der Waals surface area (Å²) in [6.45, 7) is 0.840. The molecule has 2 aromatic heterocycles. The number of methoxy groups -OCH3 is 1. The Balaban J connectivity index is 2.30. The Morgan fingerprint density at radius 2 is 2.25 bits per heavy atom. The summed E-state index contributed by atoms with van der Waals surface area (Å²) < 4.78 is 10.1. The van der Waals surface area contributed by atoms with E-state index in [9.17, 15) is 4.79 Å². The van der Waals surface area contributed by atoms with E-state index in [1.807, 2.05) is 0 Å². The van der Waals surface area contributed by atoms with Gasteiger partial charge in [0, 0.05) is 13.2 Å². The Bertz CT molecular complexity index is 545. The predicted molar refractivity (Wildman–Crippen MR) is 58.5 cm³/mol. The molecule has 0 aliphatic heterocycles. The summed E-state index contributed by atoms with van der Waals surface area (Å²) in [5.41, 5.74) is 6.40. The van der Waals surface area contributed by atoms with Gasteiger partial charge < -0.3 is 25.2 Å². The lowest BCUT2D eigenvalue weighted by Gasteiger charge is -2.05. The average Bonchev–Trinajstić information content (AvgIpc) is 2.60. The van der Waals surface area contributed by atoms with E-state index in [1.54, 1.807) is 13.2 Å². The first-order valence-corrected chi connectivity index (χ1v) is 4.71. The Kier molecular flexibility index (Phi) is 2.78. The van der Waals surface area contributed by atoms with E-state index < -0.39 is 0 Å². The second kappa shape index (κ2) is 4.23. The molecule has 0 fully saturated rings. The van der Waals surface area contributed by atoms with Crippen LogP contribution < -0.4 is 16.2 Å². The highest BCUT2D eigenvalue weighted by molar-refractivity contribution is 5.84. The fraction of sp³-hybridized carbons (Fsp3) is 0.333. The third-order valence-electron chi connectivity index (χ3n) is 2.05. The maximum absolute atomic E-state index is 11.1. The summed E-state index contributed by atoms with van der Waals surface area (Å²) in [5.74, 6) is 0.584. The fourth-order valence-electron chi connectivity index (χ4n) is 1.34. The molecule has 7 nitrogen and oxygen atoms in total. The van der Waals surface area contributed by atoms with Crippen molar-refractivity contribution < 1.29 is 9.47 Å². The van der Waals surface area contributed by atoms with Crippen LogP contribution in [0.2, 0.25) is 0 Å². The van der Waals surface area contributed by atoms with Crippen molar-refractivity contribution in [1.82, 2.24) is 15.0 Å².